The van der Waals surface area contributed by atoms with Gasteiger partial charge in [0.05, 0.1) is 12.7 Å². The molecular formula is C24H29F3N8O9. The lowest BCUT2D eigenvalue weighted by Crippen LogP contribution is -2.38. The summed E-state index contributed by atoms with van der Waals surface area (Å²) in [7, 11) is 2.28. The fraction of sp³-hybridized carbons (Fsp3) is 0.458. The third-order valence-electron chi connectivity index (χ3n) is 5.19. The van der Waals surface area contributed by atoms with Crippen molar-refractivity contribution in [3.05, 3.63) is 54.3 Å². The number of hydrogen-bond acceptors (Lipinski definition) is 10. The van der Waals surface area contributed by atoms with Crippen LogP contribution < -0.4 is 22.5 Å². The van der Waals surface area contributed by atoms with E-state index < -0.39 is 73.0 Å². The van der Waals surface area contributed by atoms with Crippen LogP contribution in [0.5, 0.6) is 0 Å². The van der Waals surface area contributed by atoms with E-state index in [-0.39, 0.29) is 28.9 Å². The molecule has 0 atom stereocenters. The largest absolute Gasteiger partial charge is 0.480 e. The maximum Gasteiger partial charge on any atom is 0.446 e. The number of nitrogens with zero attached hydrogens (tertiary/aromatic N) is 8. The molecule has 0 saturated heterocycles. The number of imidazole rings is 2. The maximum absolute atomic E-state index is 12.3. The van der Waals surface area contributed by atoms with Crippen molar-refractivity contribution in [3.8, 4) is 0 Å². The predicted molar refractivity (Wildman–Crippen MR) is 146 cm³/mol. The number of carboxylic acids is 1. The lowest BCUT2D eigenvalue weighted by Gasteiger charge is -2.19. The minimum Gasteiger partial charge on any atom is -0.480 e. The molecule has 4 heterocycles. The van der Waals surface area contributed by atoms with E-state index in [1.807, 2.05) is 0 Å². The molecule has 17 nitrogen and oxygen atoms in total. The second kappa shape index (κ2) is 12.9. The Labute approximate surface area is 252 Å². The van der Waals surface area contributed by atoms with E-state index in [2.05, 4.69) is 9.97 Å². The van der Waals surface area contributed by atoms with E-state index in [0.717, 1.165) is 31.3 Å². The number of fused-ring (bicyclic) bond motifs is 2. The smallest absolute Gasteiger partial charge is 0.446 e. The number of carboxylic acid groups (broad SMARTS) is 1. The Morgan fingerprint density at radius 2 is 1.25 bits per heavy atom. The number of hydrogen-bond donors (Lipinski definition) is 1. The van der Waals surface area contributed by atoms with E-state index >= 15 is 0 Å². The van der Waals surface area contributed by atoms with Gasteiger partial charge in [-0.2, -0.15) is 13.2 Å². The molecule has 0 saturated carbocycles. The molecule has 0 spiro atoms. The molecule has 1 N–H and O–H groups in total. The van der Waals surface area contributed by atoms with Crippen LogP contribution in [0.4, 0.5) is 13.2 Å². The number of esters is 1. The summed E-state index contributed by atoms with van der Waals surface area (Å²) >= 11 is 0. The molecule has 0 radical (unpaired) electrons. The minimum absolute atomic E-state index is 0.154. The number of carbonyl (C=O) groups is 3. The van der Waals surface area contributed by atoms with Crippen LogP contribution in [0.25, 0.3) is 22.3 Å². The predicted octanol–water partition coefficient (Wildman–Crippen LogP) is -0.959. The molecule has 0 amide bonds. The first-order valence-corrected chi connectivity index (χ1v) is 11.8. The summed E-state index contributed by atoms with van der Waals surface area (Å²) < 4.78 is 85.1. The number of aryl methyl sites for hydroxylation is 2. The summed E-state index contributed by atoms with van der Waals surface area (Å²) in [5.41, 5.74) is -5.35. The van der Waals surface area contributed by atoms with Gasteiger partial charge < -0.3 is 19.0 Å². The van der Waals surface area contributed by atoms with Crippen molar-refractivity contribution in [1.29, 1.82) is 0 Å². The summed E-state index contributed by atoms with van der Waals surface area (Å²) in [6, 6.07) is 0. The van der Waals surface area contributed by atoms with Gasteiger partial charge >= 0.3 is 29.5 Å². The standard InChI is InChI=1S/C13H18N4O4.C9H10N4O4.C2HF3O/c1-13(2,3)21-8(18)6-17-7-14-10-9(17)11(19)16(5)12(20)15(10)4;1-11-7-6(8(16)12(2)9(11)17)13(4-10-7)3-5(14)15;3-2(4,5)1-6/h7H,6H2,1-5H3;4H,3H2,1-2H3,(H,14,15);1H/i4D3;1D3;. The topological polar surface area (TPSA) is 204 Å². The van der Waals surface area contributed by atoms with Gasteiger partial charge in [-0.05, 0) is 20.8 Å². The molecule has 0 aliphatic heterocycles. The van der Waals surface area contributed by atoms with Gasteiger partial charge in [0.1, 0.15) is 18.7 Å². The van der Waals surface area contributed by atoms with E-state index in [1.165, 1.54) is 4.57 Å². The highest BCUT2D eigenvalue weighted by Gasteiger charge is 2.25. The summed E-state index contributed by atoms with van der Waals surface area (Å²) in [6.07, 6.45) is -3.55. The van der Waals surface area contributed by atoms with Crippen LogP contribution in [0.3, 0.4) is 0 Å². The monoisotopic (exact) mass is 636 g/mol. The molecule has 240 valence electrons. The number of rotatable bonds is 4. The Bertz CT molecular complexity index is 2180. The van der Waals surface area contributed by atoms with Gasteiger partial charge in [0, 0.05) is 36.3 Å². The van der Waals surface area contributed by atoms with Crippen LogP contribution in [0.2, 0.25) is 0 Å². The third-order valence-corrected chi connectivity index (χ3v) is 5.19. The summed E-state index contributed by atoms with van der Waals surface area (Å²) in [5, 5.41) is 8.75. The molecule has 0 aromatic carbocycles. The van der Waals surface area contributed by atoms with Crippen LogP contribution in [0.15, 0.2) is 31.8 Å². The van der Waals surface area contributed by atoms with E-state index in [9.17, 15) is 41.9 Å². The van der Waals surface area contributed by atoms with Crippen molar-refractivity contribution in [1.82, 2.24) is 37.4 Å². The molecule has 0 fully saturated rings. The summed E-state index contributed by atoms with van der Waals surface area (Å²) in [4.78, 5) is 87.2. The normalized spacial score (nSPS) is 14.0. The Hall–Kier alpha value is -5.30. The van der Waals surface area contributed by atoms with Crippen LogP contribution in [0, 0.1) is 0 Å². The summed E-state index contributed by atoms with van der Waals surface area (Å²) in [5.74, 6) is -1.84. The van der Waals surface area contributed by atoms with E-state index in [4.69, 9.17) is 22.9 Å². The minimum atomic E-state index is -4.64. The van der Waals surface area contributed by atoms with Crippen LogP contribution in [0.1, 0.15) is 29.0 Å². The van der Waals surface area contributed by atoms with Gasteiger partial charge in [-0.25, -0.2) is 19.6 Å². The van der Waals surface area contributed by atoms with Gasteiger partial charge in [-0.3, -0.25) is 42.2 Å². The molecule has 4 aromatic heterocycles. The Morgan fingerprint density at radius 3 is 1.57 bits per heavy atom. The number of carbonyl (C=O) groups excluding carboxylic acids is 2. The molecule has 0 aliphatic rings. The van der Waals surface area contributed by atoms with Crippen molar-refractivity contribution in [3.63, 3.8) is 0 Å². The molecule has 0 aliphatic carbocycles. The van der Waals surface area contributed by atoms with E-state index in [0.29, 0.717) is 18.3 Å². The molecule has 0 unspecified atom stereocenters. The first kappa shape index (κ1) is 26.3. The molecule has 44 heavy (non-hydrogen) atoms. The first-order valence-electron chi connectivity index (χ1n) is 14.8. The zero-order valence-electron chi connectivity index (χ0n) is 29.6. The molecule has 4 aromatic rings. The molecule has 4 rings (SSSR count). The van der Waals surface area contributed by atoms with Crippen LogP contribution >= 0.6 is 0 Å². The number of aromatic nitrogens is 8. The highest BCUT2D eigenvalue weighted by atomic mass is 19.4. The second-order valence-electron chi connectivity index (χ2n) is 9.69. The molecule has 20 heteroatoms. The fourth-order valence-corrected chi connectivity index (χ4v) is 3.38. The molecular weight excluding hydrogens is 601 g/mol. The van der Waals surface area contributed by atoms with Gasteiger partial charge in [0.25, 0.3) is 11.1 Å². The van der Waals surface area contributed by atoms with Crippen molar-refractivity contribution in [2.24, 2.45) is 28.0 Å². The second-order valence-corrected chi connectivity index (χ2v) is 9.69. The summed E-state index contributed by atoms with van der Waals surface area (Å²) in [6.45, 7) is -1.45. The van der Waals surface area contributed by atoms with Crippen LogP contribution in [-0.4, -0.2) is 72.5 Å². The highest BCUT2D eigenvalue weighted by molar-refractivity contribution is 5.75. The zero-order valence-corrected chi connectivity index (χ0v) is 23.6. The highest BCUT2D eigenvalue weighted by Crippen LogP contribution is 2.10. The maximum atomic E-state index is 12.3. The Kier molecular flexibility index (Phi) is 7.73. The fourth-order valence-electron chi connectivity index (χ4n) is 3.38. The SMILES string of the molecule is O=CC(F)(F)F.[2H]C([2H])([2H])n1c(=O)n(C)c(=O)c2c1ncn2CC(=O)O.[2H]C([2H])([2H])n1c(=O)n(C)c(=O)c2c1ncn2CC(=O)OC(C)(C)C. The van der Waals surface area contributed by atoms with Gasteiger partial charge in [-0.1, -0.05) is 0 Å². The molecule has 0 bridgehead atoms. The average Bonchev–Trinajstić information content (AvgIpc) is 3.52. The zero-order chi connectivity index (χ0) is 38.9. The van der Waals surface area contributed by atoms with Crippen molar-refractivity contribution in [2.75, 3.05) is 0 Å². The number of halogens is 3. The van der Waals surface area contributed by atoms with Gasteiger partial charge in [-0.15, -0.1) is 0 Å². The van der Waals surface area contributed by atoms with Gasteiger partial charge in [0.15, 0.2) is 22.3 Å². The number of aldehydes is 1. The third kappa shape index (κ3) is 7.95. The number of ether oxygens (including phenoxy) is 1. The first-order chi connectivity index (χ1) is 22.5. The lowest BCUT2D eigenvalue weighted by molar-refractivity contribution is -0.156. The lowest BCUT2D eigenvalue weighted by atomic mass is 10.2. The number of aliphatic carboxylic acids is 1. The quantitative estimate of drug-likeness (QED) is 0.213. The Morgan fingerprint density at radius 1 is 0.864 bits per heavy atom. The van der Waals surface area contributed by atoms with Crippen molar-refractivity contribution < 1.29 is 45.6 Å². The van der Waals surface area contributed by atoms with Crippen molar-refractivity contribution >= 4 is 40.6 Å². The average molecular weight is 637 g/mol. The van der Waals surface area contributed by atoms with E-state index in [1.54, 1.807) is 20.8 Å². The van der Waals surface area contributed by atoms with Gasteiger partial charge in [0.2, 0.25) is 6.29 Å². The van der Waals surface area contributed by atoms with Crippen molar-refractivity contribution in [2.45, 2.75) is 45.6 Å². The Balaban J connectivity index is 0.000000302. The van der Waals surface area contributed by atoms with Crippen LogP contribution in [-0.2, 0) is 60.3 Å². The number of alkyl halides is 3.